The monoisotopic (exact) mass is 283 g/mol. The van der Waals surface area contributed by atoms with E-state index in [0.29, 0.717) is 26.3 Å². The molecule has 6 heteroatoms. The average molecular weight is 283 g/mol. The minimum Gasteiger partial charge on any atom is -0.465 e. The highest BCUT2D eigenvalue weighted by atomic mass is 19.1. The Morgan fingerprint density at radius 1 is 1.60 bits per heavy atom. The van der Waals surface area contributed by atoms with Crippen molar-refractivity contribution in [3.63, 3.8) is 0 Å². The minimum atomic E-state index is -0.686. The first-order chi connectivity index (χ1) is 9.65. The second-order valence-corrected chi connectivity index (χ2v) is 4.69. The molecule has 1 aromatic rings. The summed E-state index contributed by atoms with van der Waals surface area (Å²) in [4.78, 5) is 13.3. The normalized spacial score (nSPS) is 19.9. The van der Waals surface area contributed by atoms with Crippen molar-refractivity contribution in [3.05, 3.63) is 35.1 Å². The second kappa shape index (κ2) is 6.78. The number of aliphatic hydroxyl groups excluding tert-OH is 1. The Morgan fingerprint density at radius 2 is 2.40 bits per heavy atom. The summed E-state index contributed by atoms with van der Waals surface area (Å²) in [5.41, 5.74) is 0.674. The van der Waals surface area contributed by atoms with Crippen LogP contribution in [-0.4, -0.2) is 55.5 Å². The zero-order valence-electron chi connectivity index (χ0n) is 11.3. The number of halogens is 1. The van der Waals surface area contributed by atoms with Crippen LogP contribution in [0.4, 0.5) is 4.39 Å². The Kier molecular flexibility index (Phi) is 5.05. The fraction of sp³-hybridized carbons (Fsp3) is 0.500. The first-order valence-corrected chi connectivity index (χ1v) is 6.45. The highest BCUT2D eigenvalue weighted by molar-refractivity contribution is 5.89. The summed E-state index contributed by atoms with van der Waals surface area (Å²) < 4.78 is 23.6. The van der Waals surface area contributed by atoms with E-state index in [0.717, 1.165) is 5.56 Å². The summed E-state index contributed by atoms with van der Waals surface area (Å²) in [5.74, 6) is -1.28. The van der Waals surface area contributed by atoms with Gasteiger partial charge in [0.15, 0.2) is 0 Å². The van der Waals surface area contributed by atoms with Crippen LogP contribution in [0.1, 0.15) is 15.9 Å². The van der Waals surface area contributed by atoms with Crippen molar-refractivity contribution in [1.82, 2.24) is 4.90 Å². The van der Waals surface area contributed by atoms with E-state index in [9.17, 15) is 14.3 Å². The Hall–Kier alpha value is -1.50. The van der Waals surface area contributed by atoms with Gasteiger partial charge in [-0.2, -0.15) is 0 Å². The van der Waals surface area contributed by atoms with Crippen molar-refractivity contribution < 1.29 is 23.8 Å². The van der Waals surface area contributed by atoms with Crippen LogP contribution in [0.5, 0.6) is 0 Å². The first-order valence-electron chi connectivity index (χ1n) is 6.45. The van der Waals surface area contributed by atoms with Crippen LogP contribution in [0.15, 0.2) is 18.2 Å². The van der Waals surface area contributed by atoms with Crippen LogP contribution in [0.25, 0.3) is 0 Å². The molecule has 1 atom stereocenters. The van der Waals surface area contributed by atoms with Gasteiger partial charge < -0.3 is 14.6 Å². The predicted octanol–water partition coefficient (Wildman–Crippen LogP) is 0.805. The van der Waals surface area contributed by atoms with Crippen molar-refractivity contribution in [3.8, 4) is 0 Å². The fourth-order valence-electron chi connectivity index (χ4n) is 2.23. The molecule has 0 radical (unpaired) electrons. The molecule has 20 heavy (non-hydrogen) atoms. The SMILES string of the molecule is COC(=O)c1ccc(CN2CCOCC2CO)cc1F. The van der Waals surface area contributed by atoms with Gasteiger partial charge in [-0.1, -0.05) is 6.07 Å². The fourth-order valence-corrected chi connectivity index (χ4v) is 2.23. The maximum absolute atomic E-state index is 13.8. The molecule has 0 aromatic heterocycles. The molecule has 1 unspecified atom stereocenters. The van der Waals surface area contributed by atoms with Gasteiger partial charge in [-0.25, -0.2) is 9.18 Å². The highest BCUT2D eigenvalue weighted by Crippen LogP contribution is 2.16. The molecule has 1 heterocycles. The number of morpholine rings is 1. The summed E-state index contributed by atoms with van der Waals surface area (Å²) in [7, 11) is 1.22. The van der Waals surface area contributed by atoms with Gasteiger partial charge in [0.25, 0.3) is 0 Å². The Balaban J connectivity index is 2.09. The molecule has 1 N–H and O–H groups in total. The number of benzene rings is 1. The quantitative estimate of drug-likeness (QED) is 0.829. The van der Waals surface area contributed by atoms with E-state index < -0.39 is 11.8 Å². The third-order valence-corrected chi connectivity index (χ3v) is 3.38. The van der Waals surface area contributed by atoms with Crippen LogP contribution < -0.4 is 0 Å². The van der Waals surface area contributed by atoms with E-state index in [2.05, 4.69) is 4.74 Å². The van der Waals surface area contributed by atoms with Crippen molar-refractivity contribution >= 4 is 5.97 Å². The van der Waals surface area contributed by atoms with Gasteiger partial charge in [-0.05, 0) is 17.7 Å². The van der Waals surface area contributed by atoms with Crippen LogP contribution in [0, 0.1) is 5.82 Å². The smallest absolute Gasteiger partial charge is 0.340 e. The molecule has 2 rings (SSSR count). The second-order valence-electron chi connectivity index (χ2n) is 4.69. The summed E-state index contributed by atoms with van der Waals surface area (Å²) in [5, 5.41) is 9.29. The molecular formula is C14H18FNO4. The van der Waals surface area contributed by atoms with Gasteiger partial charge >= 0.3 is 5.97 Å². The standard InChI is InChI=1S/C14H18FNO4/c1-19-14(18)12-3-2-10(6-13(12)15)7-16-4-5-20-9-11(16)8-17/h2-3,6,11,17H,4-5,7-9H2,1H3. The Labute approximate surface area is 116 Å². The third kappa shape index (κ3) is 3.33. The lowest BCUT2D eigenvalue weighted by molar-refractivity contribution is -0.0312. The van der Waals surface area contributed by atoms with Crippen molar-refractivity contribution in [2.75, 3.05) is 33.5 Å². The maximum Gasteiger partial charge on any atom is 0.340 e. The van der Waals surface area contributed by atoms with E-state index in [1.807, 2.05) is 4.90 Å². The molecule has 1 aromatic carbocycles. The molecule has 1 fully saturated rings. The minimum absolute atomic E-state index is 0.00270. The number of methoxy groups -OCH3 is 1. The molecule has 0 spiro atoms. The lowest BCUT2D eigenvalue weighted by Gasteiger charge is -2.34. The van der Waals surface area contributed by atoms with Gasteiger partial charge in [-0.15, -0.1) is 0 Å². The Bertz CT molecular complexity index is 480. The van der Waals surface area contributed by atoms with Crippen molar-refractivity contribution in [2.24, 2.45) is 0 Å². The zero-order chi connectivity index (χ0) is 14.5. The van der Waals surface area contributed by atoms with Gasteiger partial charge in [0.1, 0.15) is 5.82 Å². The van der Waals surface area contributed by atoms with E-state index in [1.165, 1.54) is 19.2 Å². The van der Waals surface area contributed by atoms with Crippen molar-refractivity contribution in [2.45, 2.75) is 12.6 Å². The number of esters is 1. The predicted molar refractivity (Wildman–Crippen MR) is 69.8 cm³/mol. The molecular weight excluding hydrogens is 265 g/mol. The number of rotatable bonds is 4. The van der Waals surface area contributed by atoms with Crippen molar-refractivity contribution in [1.29, 1.82) is 0 Å². The molecule has 1 aliphatic heterocycles. The number of hydrogen-bond acceptors (Lipinski definition) is 5. The molecule has 1 aliphatic rings. The topological polar surface area (TPSA) is 59.0 Å². The van der Waals surface area contributed by atoms with E-state index in [-0.39, 0.29) is 18.2 Å². The van der Waals surface area contributed by atoms with Crippen LogP contribution in [0.3, 0.4) is 0 Å². The number of nitrogens with zero attached hydrogens (tertiary/aromatic N) is 1. The molecule has 0 saturated carbocycles. The lowest BCUT2D eigenvalue weighted by atomic mass is 10.1. The summed E-state index contributed by atoms with van der Waals surface area (Å²) in [6, 6.07) is 4.37. The van der Waals surface area contributed by atoms with E-state index in [1.54, 1.807) is 6.07 Å². The number of hydrogen-bond donors (Lipinski definition) is 1. The molecule has 0 aliphatic carbocycles. The number of ether oxygens (including phenoxy) is 2. The molecule has 1 saturated heterocycles. The highest BCUT2D eigenvalue weighted by Gasteiger charge is 2.22. The van der Waals surface area contributed by atoms with Gasteiger partial charge in [-0.3, -0.25) is 4.90 Å². The van der Waals surface area contributed by atoms with Gasteiger partial charge in [0.2, 0.25) is 0 Å². The number of carbonyl (C=O) groups is 1. The average Bonchev–Trinajstić information content (AvgIpc) is 2.47. The molecule has 0 bridgehead atoms. The lowest BCUT2D eigenvalue weighted by Crippen LogP contribution is -2.46. The van der Waals surface area contributed by atoms with Crippen LogP contribution in [-0.2, 0) is 16.0 Å². The summed E-state index contributed by atoms with van der Waals surface area (Å²) in [6.45, 7) is 2.26. The maximum atomic E-state index is 13.8. The molecule has 110 valence electrons. The largest absolute Gasteiger partial charge is 0.465 e. The van der Waals surface area contributed by atoms with E-state index in [4.69, 9.17) is 4.74 Å². The molecule has 5 nitrogen and oxygen atoms in total. The molecule has 0 amide bonds. The van der Waals surface area contributed by atoms with E-state index >= 15 is 0 Å². The number of carbonyl (C=O) groups excluding carboxylic acids is 1. The van der Waals surface area contributed by atoms with Crippen LogP contribution in [0.2, 0.25) is 0 Å². The third-order valence-electron chi connectivity index (χ3n) is 3.38. The van der Waals surface area contributed by atoms with Crippen LogP contribution >= 0.6 is 0 Å². The van der Waals surface area contributed by atoms with Gasteiger partial charge in [0.05, 0.1) is 38.5 Å². The Morgan fingerprint density at radius 3 is 3.05 bits per heavy atom. The van der Waals surface area contributed by atoms with Gasteiger partial charge in [0, 0.05) is 13.1 Å². The number of aliphatic hydroxyl groups is 1. The summed E-state index contributed by atoms with van der Waals surface area (Å²) >= 11 is 0. The first kappa shape index (κ1) is 14.9. The summed E-state index contributed by atoms with van der Waals surface area (Å²) in [6.07, 6.45) is 0. The zero-order valence-corrected chi connectivity index (χ0v) is 11.3.